The third-order valence-electron chi connectivity index (χ3n) is 5.93. The van der Waals surface area contributed by atoms with Gasteiger partial charge in [-0.15, -0.1) is 11.8 Å². The number of ether oxygens (including phenoxy) is 2. The van der Waals surface area contributed by atoms with Crippen LogP contribution in [0.25, 0.3) is 0 Å². The number of piperidine rings is 1. The van der Waals surface area contributed by atoms with Gasteiger partial charge in [0.25, 0.3) is 0 Å². The number of rotatable bonds is 4. The number of likely N-dealkylation sites (tertiary alicyclic amines) is 1. The van der Waals surface area contributed by atoms with E-state index < -0.39 is 5.25 Å². The smallest absolute Gasteiger partial charge is 0.247 e. The highest BCUT2D eigenvalue weighted by Gasteiger charge is 2.37. The lowest BCUT2D eigenvalue weighted by Gasteiger charge is -2.34. The van der Waals surface area contributed by atoms with Crippen LogP contribution in [0.1, 0.15) is 18.4 Å². The number of hydrogen-bond acceptors (Lipinski definition) is 6. The van der Waals surface area contributed by atoms with Crippen molar-refractivity contribution in [3.63, 3.8) is 0 Å². The molecule has 166 valence electrons. The zero-order valence-corrected chi connectivity index (χ0v) is 18.2. The van der Waals surface area contributed by atoms with Gasteiger partial charge in [-0.1, -0.05) is 18.2 Å². The second-order valence-electron chi connectivity index (χ2n) is 7.99. The minimum Gasteiger partial charge on any atom is -0.454 e. The van der Waals surface area contributed by atoms with Crippen LogP contribution in [0, 0.1) is 5.92 Å². The van der Waals surface area contributed by atoms with Crippen LogP contribution in [0.2, 0.25) is 0 Å². The number of amides is 3. The molecule has 0 radical (unpaired) electrons. The number of carbonyl (C=O) groups is 3. The fraction of sp³-hybridized carbons (Fsp3) is 0.348. The molecule has 3 amide bonds. The third kappa shape index (κ3) is 4.12. The largest absolute Gasteiger partial charge is 0.454 e. The van der Waals surface area contributed by atoms with Crippen molar-refractivity contribution in [2.24, 2.45) is 5.92 Å². The van der Waals surface area contributed by atoms with Crippen molar-refractivity contribution in [2.45, 2.75) is 29.5 Å². The molecule has 0 aromatic heterocycles. The van der Waals surface area contributed by atoms with Crippen LogP contribution in [0.3, 0.4) is 0 Å². The molecule has 8 nitrogen and oxygen atoms in total. The van der Waals surface area contributed by atoms with Crippen LogP contribution in [0.4, 0.5) is 5.69 Å². The van der Waals surface area contributed by atoms with Crippen molar-refractivity contribution in [1.82, 2.24) is 10.2 Å². The maximum Gasteiger partial charge on any atom is 0.247 e. The van der Waals surface area contributed by atoms with Gasteiger partial charge < -0.3 is 25.0 Å². The lowest BCUT2D eigenvalue weighted by molar-refractivity contribution is -0.137. The Bertz CT molecular complexity index is 1070. The van der Waals surface area contributed by atoms with E-state index in [9.17, 15) is 14.4 Å². The summed E-state index contributed by atoms with van der Waals surface area (Å²) in [6.07, 6.45) is 1.16. The zero-order valence-electron chi connectivity index (χ0n) is 17.3. The summed E-state index contributed by atoms with van der Waals surface area (Å²) >= 11 is 1.29. The van der Waals surface area contributed by atoms with Gasteiger partial charge in [0.15, 0.2) is 16.7 Å². The Morgan fingerprint density at radius 3 is 2.72 bits per heavy atom. The highest BCUT2D eigenvalue weighted by atomic mass is 32.2. The van der Waals surface area contributed by atoms with E-state index in [0.29, 0.717) is 44.0 Å². The summed E-state index contributed by atoms with van der Waals surface area (Å²) in [5.41, 5.74) is 1.68. The van der Waals surface area contributed by atoms with Gasteiger partial charge in [-0.2, -0.15) is 0 Å². The minimum absolute atomic E-state index is 0.0199. The number of benzene rings is 2. The van der Waals surface area contributed by atoms with Gasteiger partial charge in [0.05, 0.1) is 5.69 Å². The van der Waals surface area contributed by atoms with Gasteiger partial charge in [-0.05, 0) is 42.7 Å². The second-order valence-corrected chi connectivity index (χ2v) is 9.14. The predicted molar refractivity (Wildman–Crippen MR) is 118 cm³/mol. The Kier molecular flexibility index (Phi) is 5.65. The molecule has 2 aromatic rings. The van der Waals surface area contributed by atoms with Crippen LogP contribution in [-0.2, 0) is 20.9 Å². The molecule has 32 heavy (non-hydrogen) atoms. The molecule has 2 aromatic carbocycles. The number of fused-ring (bicyclic) bond motifs is 2. The summed E-state index contributed by atoms with van der Waals surface area (Å²) in [5, 5.41) is 5.00. The number of anilines is 1. The van der Waals surface area contributed by atoms with E-state index in [1.807, 2.05) is 42.5 Å². The molecule has 1 saturated heterocycles. The topological polar surface area (TPSA) is 97.0 Å². The molecule has 5 rings (SSSR count). The number of nitrogens with zero attached hydrogens (tertiary/aromatic N) is 1. The molecule has 0 bridgehead atoms. The van der Waals surface area contributed by atoms with E-state index >= 15 is 0 Å². The van der Waals surface area contributed by atoms with E-state index in [0.717, 1.165) is 16.1 Å². The molecule has 0 saturated carbocycles. The van der Waals surface area contributed by atoms with Gasteiger partial charge in [-0.3, -0.25) is 14.4 Å². The Hall–Kier alpha value is -3.20. The molecule has 3 aliphatic rings. The fourth-order valence-electron chi connectivity index (χ4n) is 4.13. The first kappa shape index (κ1) is 20.7. The number of thioether (sulfide) groups is 1. The summed E-state index contributed by atoms with van der Waals surface area (Å²) < 4.78 is 10.7. The van der Waals surface area contributed by atoms with Gasteiger partial charge in [0.1, 0.15) is 0 Å². The standard InChI is InChI=1S/C23H23N3O5S/c27-21(24-12-14-5-6-17-18(11-14)31-13-30-17)15-7-9-26(10-8-15)23(29)20-22(28)25-16-3-1-2-4-19(16)32-20/h1-6,11,15,20H,7-10,12-13H2,(H,24,27)(H,25,28)/t20-/m0/s1. The van der Waals surface area contributed by atoms with E-state index in [1.165, 1.54) is 11.8 Å². The van der Waals surface area contributed by atoms with E-state index in [2.05, 4.69) is 10.6 Å². The van der Waals surface area contributed by atoms with E-state index in [4.69, 9.17) is 9.47 Å². The molecular formula is C23H23N3O5S. The first-order valence-electron chi connectivity index (χ1n) is 10.6. The Morgan fingerprint density at radius 1 is 1.09 bits per heavy atom. The van der Waals surface area contributed by atoms with Crippen LogP contribution >= 0.6 is 11.8 Å². The SMILES string of the molecule is O=C(NCc1ccc2c(c1)OCO2)C1CCN(C(=O)[C@H]2Sc3ccccc3NC2=O)CC1. The van der Waals surface area contributed by atoms with Crippen LogP contribution < -0.4 is 20.1 Å². The molecule has 9 heteroatoms. The first-order chi connectivity index (χ1) is 15.6. The van der Waals surface area contributed by atoms with Gasteiger partial charge >= 0.3 is 0 Å². The Balaban J connectivity index is 1.12. The van der Waals surface area contributed by atoms with Crippen LogP contribution in [0.5, 0.6) is 11.5 Å². The lowest BCUT2D eigenvalue weighted by Crippen LogP contribution is -2.49. The molecule has 1 fully saturated rings. The summed E-state index contributed by atoms with van der Waals surface area (Å²) in [4.78, 5) is 40.6. The molecule has 0 unspecified atom stereocenters. The highest BCUT2D eigenvalue weighted by Crippen LogP contribution is 2.36. The number of hydrogen-bond donors (Lipinski definition) is 2. The van der Waals surface area contributed by atoms with E-state index in [-0.39, 0.29) is 30.4 Å². The minimum atomic E-state index is -0.790. The summed E-state index contributed by atoms with van der Waals surface area (Å²) in [7, 11) is 0. The van der Waals surface area contributed by atoms with Crippen LogP contribution in [0.15, 0.2) is 47.4 Å². The number of carbonyl (C=O) groups excluding carboxylic acids is 3. The maximum absolute atomic E-state index is 13.0. The zero-order chi connectivity index (χ0) is 22.1. The number of para-hydroxylation sites is 1. The molecule has 0 spiro atoms. The van der Waals surface area contributed by atoms with Crippen molar-refractivity contribution in [1.29, 1.82) is 0 Å². The Labute approximate surface area is 189 Å². The Morgan fingerprint density at radius 2 is 1.88 bits per heavy atom. The summed E-state index contributed by atoms with van der Waals surface area (Å²) in [5.74, 6) is 0.750. The van der Waals surface area contributed by atoms with Gasteiger partial charge in [0, 0.05) is 30.4 Å². The van der Waals surface area contributed by atoms with Crippen molar-refractivity contribution < 1.29 is 23.9 Å². The molecular weight excluding hydrogens is 430 g/mol. The van der Waals surface area contributed by atoms with Crippen molar-refractivity contribution in [3.05, 3.63) is 48.0 Å². The fourth-order valence-corrected chi connectivity index (χ4v) is 5.20. The van der Waals surface area contributed by atoms with Gasteiger partial charge in [-0.25, -0.2) is 0 Å². The molecule has 3 aliphatic heterocycles. The molecule has 3 heterocycles. The molecule has 0 aliphatic carbocycles. The van der Waals surface area contributed by atoms with Crippen molar-refractivity contribution in [3.8, 4) is 11.5 Å². The van der Waals surface area contributed by atoms with E-state index in [1.54, 1.807) is 4.90 Å². The predicted octanol–water partition coefficient (Wildman–Crippen LogP) is 2.38. The average molecular weight is 454 g/mol. The van der Waals surface area contributed by atoms with Crippen molar-refractivity contribution >= 4 is 35.2 Å². The second kappa shape index (κ2) is 8.74. The maximum atomic E-state index is 13.0. The lowest BCUT2D eigenvalue weighted by atomic mass is 9.95. The summed E-state index contributed by atoms with van der Waals surface area (Å²) in [6.45, 7) is 1.56. The third-order valence-corrected chi connectivity index (χ3v) is 7.19. The average Bonchev–Trinajstić information content (AvgIpc) is 3.30. The highest BCUT2D eigenvalue weighted by molar-refractivity contribution is 8.01. The van der Waals surface area contributed by atoms with Gasteiger partial charge in [0.2, 0.25) is 24.5 Å². The quantitative estimate of drug-likeness (QED) is 0.690. The monoisotopic (exact) mass is 453 g/mol. The summed E-state index contributed by atoms with van der Waals surface area (Å²) in [6, 6.07) is 13.1. The molecule has 1 atom stereocenters. The first-order valence-corrected chi connectivity index (χ1v) is 11.5. The van der Waals surface area contributed by atoms with Crippen LogP contribution in [-0.4, -0.2) is 47.8 Å². The van der Waals surface area contributed by atoms with Crippen molar-refractivity contribution in [2.75, 3.05) is 25.2 Å². The normalized spacial score (nSPS) is 19.8. The molecule has 2 N–H and O–H groups in total. The number of nitrogens with one attached hydrogen (secondary N) is 2.